The number of nitrogens with zero attached hydrogens (tertiary/aromatic N) is 2. The van der Waals surface area contributed by atoms with Gasteiger partial charge in [-0.3, -0.25) is 14.5 Å². The van der Waals surface area contributed by atoms with Crippen molar-refractivity contribution >= 4 is 23.5 Å². The standard InChI is InChI=1S/C21H25N3O5/c1-13(21(27)29-4)22-19(25)14(2)24-12-17-16(20(24)26)6-5-7-18(17)23-10-8-15(28-3)9-11-23/h5-7,15H,1-2,8-12H2,3-4H3,(H,22,25). The summed E-state index contributed by atoms with van der Waals surface area (Å²) in [6.45, 7) is 9.11. The maximum absolute atomic E-state index is 12.9. The Bertz CT molecular complexity index is 871. The predicted octanol–water partition coefficient (Wildman–Crippen LogP) is 1.57. The Balaban J connectivity index is 1.75. The van der Waals surface area contributed by atoms with E-state index in [0.717, 1.165) is 37.2 Å². The molecule has 1 N–H and O–H groups in total. The maximum atomic E-state index is 12.9. The van der Waals surface area contributed by atoms with Crippen molar-refractivity contribution in [2.75, 3.05) is 32.2 Å². The van der Waals surface area contributed by atoms with Gasteiger partial charge in [-0.1, -0.05) is 19.2 Å². The molecule has 0 aliphatic carbocycles. The number of hydrogen-bond acceptors (Lipinski definition) is 6. The number of benzene rings is 1. The third-order valence-electron chi connectivity index (χ3n) is 5.34. The molecular weight excluding hydrogens is 374 g/mol. The van der Waals surface area contributed by atoms with Gasteiger partial charge in [0.2, 0.25) is 0 Å². The molecule has 1 saturated heterocycles. The van der Waals surface area contributed by atoms with Crippen LogP contribution in [0.2, 0.25) is 0 Å². The van der Waals surface area contributed by atoms with Crippen molar-refractivity contribution < 1.29 is 23.9 Å². The van der Waals surface area contributed by atoms with Gasteiger partial charge in [0.05, 0.1) is 19.8 Å². The summed E-state index contributed by atoms with van der Waals surface area (Å²) >= 11 is 0. The summed E-state index contributed by atoms with van der Waals surface area (Å²) < 4.78 is 9.94. The highest BCUT2D eigenvalue weighted by molar-refractivity contribution is 6.07. The third kappa shape index (κ3) is 4.02. The molecule has 0 aromatic heterocycles. The molecule has 1 aromatic rings. The number of amides is 2. The molecule has 2 amide bonds. The van der Waals surface area contributed by atoms with Gasteiger partial charge in [-0.2, -0.15) is 0 Å². The van der Waals surface area contributed by atoms with Crippen molar-refractivity contribution in [1.29, 1.82) is 0 Å². The van der Waals surface area contributed by atoms with Gasteiger partial charge < -0.3 is 19.7 Å². The average Bonchev–Trinajstić information content (AvgIpc) is 3.09. The van der Waals surface area contributed by atoms with E-state index in [1.54, 1.807) is 13.2 Å². The van der Waals surface area contributed by atoms with Crippen LogP contribution in [-0.4, -0.2) is 56.1 Å². The lowest BCUT2D eigenvalue weighted by atomic mass is 10.0. The molecule has 0 radical (unpaired) electrons. The fourth-order valence-electron chi connectivity index (χ4n) is 3.67. The normalized spacial score (nSPS) is 16.4. The highest BCUT2D eigenvalue weighted by atomic mass is 16.5. The fourth-order valence-corrected chi connectivity index (χ4v) is 3.67. The minimum atomic E-state index is -0.760. The minimum Gasteiger partial charge on any atom is -0.464 e. The largest absolute Gasteiger partial charge is 0.464 e. The van der Waals surface area contributed by atoms with Crippen LogP contribution in [0.25, 0.3) is 0 Å². The second kappa shape index (κ2) is 8.48. The number of rotatable bonds is 6. The quantitative estimate of drug-likeness (QED) is 0.577. The molecule has 2 heterocycles. The molecule has 0 unspecified atom stereocenters. The smallest absolute Gasteiger partial charge is 0.353 e. The molecule has 0 saturated carbocycles. The summed E-state index contributed by atoms with van der Waals surface area (Å²) in [5.41, 5.74) is 2.14. The van der Waals surface area contributed by atoms with Crippen LogP contribution >= 0.6 is 0 Å². The van der Waals surface area contributed by atoms with Crippen molar-refractivity contribution in [3.8, 4) is 0 Å². The van der Waals surface area contributed by atoms with E-state index >= 15 is 0 Å². The van der Waals surface area contributed by atoms with Crippen LogP contribution in [0.15, 0.2) is 42.8 Å². The lowest BCUT2D eigenvalue weighted by Gasteiger charge is -2.34. The van der Waals surface area contributed by atoms with E-state index in [1.165, 1.54) is 12.0 Å². The van der Waals surface area contributed by atoms with E-state index < -0.39 is 11.9 Å². The van der Waals surface area contributed by atoms with E-state index in [1.807, 2.05) is 12.1 Å². The Morgan fingerprint density at radius 1 is 1.17 bits per heavy atom. The Morgan fingerprint density at radius 3 is 2.48 bits per heavy atom. The minimum absolute atomic E-state index is 0.0553. The summed E-state index contributed by atoms with van der Waals surface area (Å²) in [7, 11) is 2.91. The van der Waals surface area contributed by atoms with Crippen molar-refractivity contribution in [3.63, 3.8) is 0 Å². The molecule has 8 nitrogen and oxygen atoms in total. The monoisotopic (exact) mass is 399 g/mol. The van der Waals surface area contributed by atoms with E-state index in [0.29, 0.717) is 5.56 Å². The summed E-state index contributed by atoms with van der Waals surface area (Å²) in [5.74, 6) is -1.73. The first-order valence-corrected chi connectivity index (χ1v) is 9.36. The topological polar surface area (TPSA) is 88.2 Å². The molecule has 1 fully saturated rings. The van der Waals surface area contributed by atoms with Gasteiger partial charge in [-0.15, -0.1) is 0 Å². The van der Waals surface area contributed by atoms with Gasteiger partial charge in [0.15, 0.2) is 0 Å². The second-order valence-corrected chi connectivity index (χ2v) is 6.99. The number of carbonyl (C=O) groups is 3. The fraction of sp³-hybridized carbons (Fsp3) is 0.381. The van der Waals surface area contributed by atoms with Crippen molar-refractivity contribution in [2.24, 2.45) is 0 Å². The van der Waals surface area contributed by atoms with Crippen LogP contribution in [0.1, 0.15) is 28.8 Å². The number of methoxy groups -OCH3 is 2. The zero-order chi connectivity index (χ0) is 21.1. The molecule has 1 aromatic carbocycles. The summed E-state index contributed by atoms with van der Waals surface area (Å²) in [4.78, 5) is 40.3. The van der Waals surface area contributed by atoms with E-state index in [4.69, 9.17) is 4.74 Å². The summed E-state index contributed by atoms with van der Waals surface area (Å²) in [6, 6.07) is 5.59. The lowest BCUT2D eigenvalue weighted by molar-refractivity contribution is -0.137. The third-order valence-corrected chi connectivity index (χ3v) is 5.34. The van der Waals surface area contributed by atoms with Crippen molar-refractivity contribution in [2.45, 2.75) is 25.5 Å². The molecule has 0 bridgehead atoms. The Kier molecular flexibility index (Phi) is 6.03. The molecule has 0 spiro atoms. The van der Waals surface area contributed by atoms with Crippen LogP contribution in [-0.2, 0) is 25.6 Å². The van der Waals surface area contributed by atoms with E-state index in [2.05, 4.69) is 28.1 Å². The van der Waals surface area contributed by atoms with Crippen molar-refractivity contribution in [1.82, 2.24) is 10.2 Å². The Hall–Kier alpha value is -3.13. The average molecular weight is 399 g/mol. The number of piperidine rings is 1. The molecule has 29 heavy (non-hydrogen) atoms. The van der Waals surface area contributed by atoms with E-state index in [9.17, 15) is 14.4 Å². The lowest BCUT2D eigenvalue weighted by Crippen LogP contribution is -2.37. The first-order chi connectivity index (χ1) is 13.9. The molecule has 3 rings (SSSR count). The van der Waals surface area contributed by atoms with Gasteiger partial charge in [0.25, 0.3) is 11.8 Å². The van der Waals surface area contributed by atoms with Gasteiger partial charge >= 0.3 is 5.97 Å². The predicted molar refractivity (Wildman–Crippen MR) is 107 cm³/mol. The van der Waals surface area contributed by atoms with Crippen LogP contribution in [0.5, 0.6) is 0 Å². The molecule has 0 atom stereocenters. The van der Waals surface area contributed by atoms with Crippen molar-refractivity contribution in [3.05, 3.63) is 53.9 Å². The number of carbonyl (C=O) groups excluding carboxylic acids is 3. The SMILES string of the molecule is C=C(NC(=O)C(=C)N1Cc2c(cccc2N2CCC(OC)CC2)C1=O)C(=O)OC. The number of esters is 1. The van der Waals surface area contributed by atoms with Crippen LogP contribution in [0.3, 0.4) is 0 Å². The molecule has 154 valence electrons. The zero-order valence-electron chi connectivity index (χ0n) is 16.7. The van der Waals surface area contributed by atoms with Gasteiger partial charge in [0.1, 0.15) is 11.4 Å². The van der Waals surface area contributed by atoms with Gasteiger partial charge in [0, 0.05) is 37.0 Å². The number of ether oxygens (including phenoxy) is 2. The van der Waals surface area contributed by atoms with Crippen LogP contribution < -0.4 is 10.2 Å². The molecule has 2 aliphatic heterocycles. The highest BCUT2D eigenvalue weighted by Crippen LogP contribution is 2.34. The van der Waals surface area contributed by atoms with Gasteiger partial charge in [-0.25, -0.2) is 4.79 Å². The first-order valence-electron chi connectivity index (χ1n) is 9.36. The zero-order valence-corrected chi connectivity index (χ0v) is 16.7. The highest BCUT2D eigenvalue weighted by Gasteiger charge is 2.35. The summed E-state index contributed by atoms with van der Waals surface area (Å²) in [5, 5.41) is 2.32. The molecular formula is C21H25N3O5. The molecule has 2 aliphatic rings. The first kappa shape index (κ1) is 20.6. The second-order valence-electron chi connectivity index (χ2n) is 6.99. The number of anilines is 1. The number of hydrogen-bond donors (Lipinski definition) is 1. The maximum Gasteiger partial charge on any atom is 0.353 e. The summed E-state index contributed by atoms with van der Waals surface area (Å²) in [6.07, 6.45) is 2.10. The number of fused-ring (bicyclic) bond motifs is 1. The van der Waals surface area contributed by atoms with Crippen LogP contribution in [0.4, 0.5) is 5.69 Å². The number of nitrogens with one attached hydrogen (secondary N) is 1. The van der Waals surface area contributed by atoms with Crippen LogP contribution in [0, 0.1) is 0 Å². The Labute approximate surface area is 169 Å². The molecule has 8 heteroatoms. The van der Waals surface area contributed by atoms with E-state index in [-0.39, 0.29) is 29.9 Å². The van der Waals surface area contributed by atoms with Gasteiger partial charge in [-0.05, 0) is 25.0 Å². The Morgan fingerprint density at radius 2 is 1.86 bits per heavy atom.